The fourth-order valence-electron chi connectivity index (χ4n) is 2.19. The second-order valence-electron chi connectivity index (χ2n) is 4.29. The fraction of sp³-hybridized carbons (Fsp3) is 0.308. The quantitative estimate of drug-likeness (QED) is 0.721. The molecule has 0 unspecified atom stereocenters. The predicted molar refractivity (Wildman–Crippen MR) is 69.2 cm³/mol. The van der Waals surface area contributed by atoms with Gasteiger partial charge in [-0.3, -0.25) is 4.40 Å². The molecule has 0 atom stereocenters. The first kappa shape index (κ1) is 10.4. The van der Waals surface area contributed by atoms with E-state index in [0.717, 1.165) is 30.0 Å². The zero-order chi connectivity index (χ0) is 11.8. The predicted octanol–water partition coefficient (Wildman–Crippen LogP) is 2.10. The highest BCUT2D eigenvalue weighted by molar-refractivity contribution is 5.80. The average Bonchev–Trinajstić information content (AvgIpc) is 2.86. The van der Waals surface area contributed by atoms with Crippen molar-refractivity contribution in [2.45, 2.75) is 19.9 Å². The first-order chi connectivity index (χ1) is 8.31. The number of H-pyrrole nitrogens is 1. The molecular weight excluding hydrogens is 212 g/mol. The topological polar surface area (TPSA) is 45.1 Å². The number of imidazole rings is 2. The Bertz CT molecular complexity index is 662. The monoisotopic (exact) mass is 228 g/mol. The molecule has 88 valence electrons. The molecule has 4 heteroatoms. The van der Waals surface area contributed by atoms with Crippen LogP contribution in [0.25, 0.3) is 16.8 Å². The van der Waals surface area contributed by atoms with Crippen LogP contribution in [0.2, 0.25) is 0 Å². The van der Waals surface area contributed by atoms with Gasteiger partial charge in [-0.1, -0.05) is 13.0 Å². The number of benzene rings is 1. The van der Waals surface area contributed by atoms with Crippen LogP contribution < -0.4 is 5.32 Å². The lowest BCUT2D eigenvalue weighted by molar-refractivity contribution is 0.797. The average molecular weight is 228 g/mol. The van der Waals surface area contributed by atoms with Crippen molar-refractivity contribution in [3.8, 4) is 0 Å². The maximum absolute atomic E-state index is 4.57. The Labute approximate surface area is 99.7 Å². The summed E-state index contributed by atoms with van der Waals surface area (Å²) in [5.41, 5.74) is 4.72. The van der Waals surface area contributed by atoms with Crippen molar-refractivity contribution in [2.75, 3.05) is 7.05 Å². The minimum absolute atomic E-state index is 0.832. The van der Waals surface area contributed by atoms with Crippen LogP contribution >= 0.6 is 0 Å². The Morgan fingerprint density at radius 1 is 1.41 bits per heavy atom. The summed E-state index contributed by atoms with van der Waals surface area (Å²) in [5, 5.41) is 3.13. The van der Waals surface area contributed by atoms with Crippen LogP contribution in [0.3, 0.4) is 0 Å². The third kappa shape index (κ3) is 1.61. The lowest BCUT2D eigenvalue weighted by Gasteiger charge is -1.96. The number of hydrogen-bond donors (Lipinski definition) is 2. The molecule has 0 saturated heterocycles. The molecular formula is C13H16N4. The van der Waals surface area contributed by atoms with Crippen LogP contribution in [0.5, 0.6) is 0 Å². The van der Waals surface area contributed by atoms with E-state index in [1.165, 1.54) is 11.1 Å². The lowest BCUT2D eigenvalue weighted by atomic mass is 10.1. The van der Waals surface area contributed by atoms with Gasteiger partial charge in [-0.15, -0.1) is 0 Å². The van der Waals surface area contributed by atoms with Gasteiger partial charge in [-0.25, -0.2) is 4.98 Å². The number of aryl methyl sites for hydroxylation is 1. The van der Waals surface area contributed by atoms with Crippen LogP contribution in [0.4, 0.5) is 0 Å². The molecule has 0 radical (unpaired) electrons. The van der Waals surface area contributed by atoms with E-state index in [2.05, 4.69) is 51.0 Å². The van der Waals surface area contributed by atoms with Crippen molar-refractivity contribution < 1.29 is 0 Å². The van der Waals surface area contributed by atoms with Gasteiger partial charge < -0.3 is 10.3 Å². The number of aromatic nitrogens is 3. The van der Waals surface area contributed by atoms with Gasteiger partial charge in [0.05, 0.1) is 11.0 Å². The molecule has 0 aliphatic carbocycles. The Morgan fingerprint density at radius 3 is 3.06 bits per heavy atom. The zero-order valence-electron chi connectivity index (χ0n) is 10.1. The molecule has 3 rings (SSSR count). The SMILES string of the molecule is CCc1ccc2nc3[nH]c(CNC)cn3c2c1. The lowest BCUT2D eigenvalue weighted by Crippen LogP contribution is -2.04. The number of fused-ring (bicyclic) bond motifs is 3. The Morgan fingerprint density at radius 2 is 2.29 bits per heavy atom. The number of hydrogen-bond acceptors (Lipinski definition) is 2. The van der Waals surface area contributed by atoms with Crippen LogP contribution in [-0.2, 0) is 13.0 Å². The van der Waals surface area contributed by atoms with E-state index in [9.17, 15) is 0 Å². The highest BCUT2D eigenvalue weighted by Crippen LogP contribution is 2.18. The minimum Gasteiger partial charge on any atom is -0.326 e. The molecule has 0 fully saturated rings. The molecule has 0 aliphatic rings. The summed E-state index contributed by atoms with van der Waals surface area (Å²) in [4.78, 5) is 7.89. The molecule has 0 aliphatic heterocycles. The Hall–Kier alpha value is -1.81. The summed E-state index contributed by atoms with van der Waals surface area (Å²) in [6, 6.07) is 6.45. The largest absolute Gasteiger partial charge is 0.326 e. The Kier molecular flexibility index (Phi) is 2.37. The van der Waals surface area contributed by atoms with E-state index in [0.29, 0.717) is 0 Å². The van der Waals surface area contributed by atoms with Gasteiger partial charge in [-0.2, -0.15) is 0 Å². The second kappa shape index (κ2) is 3.89. The van der Waals surface area contributed by atoms with E-state index in [1.807, 2.05) is 7.05 Å². The molecule has 2 N–H and O–H groups in total. The summed E-state index contributed by atoms with van der Waals surface area (Å²) >= 11 is 0. The highest BCUT2D eigenvalue weighted by atomic mass is 15.1. The normalized spacial score (nSPS) is 11.6. The molecule has 1 aromatic carbocycles. The molecule has 0 saturated carbocycles. The summed E-state index contributed by atoms with van der Waals surface area (Å²) in [7, 11) is 1.94. The van der Waals surface area contributed by atoms with E-state index < -0.39 is 0 Å². The molecule has 2 aromatic heterocycles. The molecule has 0 spiro atoms. The van der Waals surface area contributed by atoms with E-state index in [-0.39, 0.29) is 0 Å². The number of rotatable bonds is 3. The second-order valence-corrected chi connectivity index (χ2v) is 4.29. The van der Waals surface area contributed by atoms with Gasteiger partial charge >= 0.3 is 0 Å². The smallest absolute Gasteiger partial charge is 0.212 e. The standard InChI is InChI=1S/C13H16N4/c1-3-9-4-5-11-12(6-9)17-8-10(7-14-2)15-13(17)16-11/h4-6,8,14H,3,7H2,1-2H3,(H,15,16). The first-order valence-electron chi connectivity index (χ1n) is 5.95. The van der Waals surface area contributed by atoms with Crippen molar-refractivity contribution in [1.82, 2.24) is 19.7 Å². The maximum Gasteiger partial charge on any atom is 0.212 e. The molecule has 0 bridgehead atoms. The first-order valence-corrected chi connectivity index (χ1v) is 5.95. The van der Waals surface area contributed by atoms with Crippen molar-refractivity contribution in [1.29, 1.82) is 0 Å². The number of aromatic amines is 1. The highest BCUT2D eigenvalue weighted by Gasteiger charge is 2.07. The number of nitrogens with zero attached hydrogens (tertiary/aromatic N) is 2. The van der Waals surface area contributed by atoms with Gasteiger partial charge in [0.2, 0.25) is 5.78 Å². The molecule has 4 nitrogen and oxygen atoms in total. The third-order valence-corrected chi connectivity index (χ3v) is 3.09. The Balaban J connectivity index is 2.23. The van der Waals surface area contributed by atoms with Crippen molar-refractivity contribution in [3.63, 3.8) is 0 Å². The molecule has 2 heterocycles. The fourth-order valence-corrected chi connectivity index (χ4v) is 2.19. The van der Waals surface area contributed by atoms with Crippen LogP contribution in [0.15, 0.2) is 24.4 Å². The van der Waals surface area contributed by atoms with Crippen molar-refractivity contribution in [2.24, 2.45) is 0 Å². The van der Waals surface area contributed by atoms with E-state index >= 15 is 0 Å². The summed E-state index contributed by atoms with van der Waals surface area (Å²) in [6.07, 6.45) is 3.16. The zero-order valence-corrected chi connectivity index (χ0v) is 10.1. The summed E-state index contributed by atoms with van der Waals surface area (Å²) in [5.74, 6) is 0.915. The van der Waals surface area contributed by atoms with E-state index in [1.54, 1.807) is 0 Å². The van der Waals surface area contributed by atoms with Crippen LogP contribution in [0.1, 0.15) is 18.2 Å². The molecule has 17 heavy (non-hydrogen) atoms. The van der Waals surface area contributed by atoms with Gasteiger partial charge in [0, 0.05) is 18.4 Å². The summed E-state index contributed by atoms with van der Waals surface area (Å²) in [6.45, 7) is 3.00. The third-order valence-electron chi connectivity index (χ3n) is 3.09. The van der Waals surface area contributed by atoms with Gasteiger partial charge in [0.1, 0.15) is 0 Å². The summed E-state index contributed by atoms with van der Waals surface area (Å²) < 4.78 is 2.13. The van der Waals surface area contributed by atoms with Crippen LogP contribution in [-0.4, -0.2) is 21.4 Å². The van der Waals surface area contributed by atoms with Crippen molar-refractivity contribution >= 4 is 16.8 Å². The van der Waals surface area contributed by atoms with Crippen molar-refractivity contribution in [3.05, 3.63) is 35.7 Å². The van der Waals surface area contributed by atoms with E-state index in [4.69, 9.17) is 0 Å². The van der Waals surface area contributed by atoms with Gasteiger partial charge in [0.25, 0.3) is 0 Å². The minimum atomic E-state index is 0.832. The molecule has 0 amide bonds. The molecule has 3 aromatic rings. The number of nitrogens with one attached hydrogen (secondary N) is 2. The van der Waals surface area contributed by atoms with Crippen LogP contribution in [0, 0.1) is 0 Å². The van der Waals surface area contributed by atoms with Gasteiger partial charge in [0.15, 0.2) is 0 Å². The maximum atomic E-state index is 4.57. The van der Waals surface area contributed by atoms with Gasteiger partial charge in [-0.05, 0) is 31.2 Å².